The molecule has 0 bridgehead atoms. The Morgan fingerprint density at radius 1 is 1.11 bits per heavy atom. The van der Waals surface area contributed by atoms with Crippen LogP contribution < -0.4 is 5.32 Å². The third-order valence-electron chi connectivity index (χ3n) is 8.65. The number of benzene rings is 2. The molecule has 1 aromatic heterocycles. The second-order valence-corrected chi connectivity index (χ2v) is 12.2. The summed E-state index contributed by atoms with van der Waals surface area (Å²) in [5.74, 6) is 0.0284. The van der Waals surface area contributed by atoms with Gasteiger partial charge in [0, 0.05) is 40.5 Å². The van der Waals surface area contributed by atoms with E-state index in [4.69, 9.17) is 0 Å². The molecule has 0 spiro atoms. The maximum Gasteiger partial charge on any atom is 0.255 e. The molecule has 2 N–H and O–H groups in total. The Morgan fingerprint density at radius 2 is 1.84 bits per heavy atom. The summed E-state index contributed by atoms with van der Waals surface area (Å²) >= 11 is 0. The molecule has 3 aliphatic rings. The zero-order valence-corrected chi connectivity index (χ0v) is 22.8. The van der Waals surface area contributed by atoms with E-state index in [1.165, 1.54) is 11.3 Å². The average Bonchev–Trinajstić information content (AvgIpc) is 3.53. The molecule has 2 aliphatic heterocycles. The van der Waals surface area contributed by atoms with E-state index in [1.807, 2.05) is 41.3 Å². The Balaban J connectivity index is 1.14. The Hall–Kier alpha value is -3.45. The third kappa shape index (κ3) is 4.53. The molecule has 0 unspecified atom stereocenters. The summed E-state index contributed by atoms with van der Waals surface area (Å²) in [5, 5.41) is 11.0. The van der Waals surface area contributed by atoms with Crippen LogP contribution >= 0.6 is 0 Å². The highest BCUT2D eigenvalue weighted by Crippen LogP contribution is 2.41. The zero-order chi connectivity index (χ0) is 26.6. The number of piperidine rings is 1. The Labute approximate surface area is 224 Å². The number of H-pyrrole nitrogens is 1. The lowest BCUT2D eigenvalue weighted by Gasteiger charge is -2.29. The van der Waals surface area contributed by atoms with Crippen LogP contribution in [0.3, 0.4) is 0 Å². The van der Waals surface area contributed by atoms with E-state index in [1.54, 1.807) is 0 Å². The number of hydrogen-bond donors (Lipinski definition) is 2. The molecule has 2 amide bonds. The molecule has 2 aromatic carbocycles. The first-order valence-electron chi connectivity index (χ1n) is 13.8. The van der Waals surface area contributed by atoms with E-state index < -0.39 is 0 Å². The second kappa shape index (κ2) is 9.38. The van der Waals surface area contributed by atoms with Crippen molar-refractivity contribution in [2.24, 2.45) is 5.41 Å². The first-order chi connectivity index (χ1) is 18.2. The molecule has 1 atom stereocenters. The van der Waals surface area contributed by atoms with E-state index in [2.05, 4.69) is 54.3 Å². The van der Waals surface area contributed by atoms with Gasteiger partial charge in [-0.1, -0.05) is 32.0 Å². The monoisotopic (exact) mass is 511 g/mol. The molecule has 6 rings (SSSR count). The van der Waals surface area contributed by atoms with Gasteiger partial charge in [0.15, 0.2) is 0 Å². The summed E-state index contributed by atoms with van der Waals surface area (Å²) in [7, 11) is 2.12. The fraction of sp³-hybridized carbons (Fsp3) is 0.452. The van der Waals surface area contributed by atoms with Crippen LogP contribution in [0.15, 0.2) is 42.5 Å². The lowest BCUT2D eigenvalue weighted by molar-refractivity contribution is 0.0715. The van der Waals surface area contributed by atoms with Crippen LogP contribution in [0.5, 0.6) is 0 Å². The summed E-state index contributed by atoms with van der Waals surface area (Å²) in [4.78, 5) is 30.3. The third-order valence-corrected chi connectivity index (χ3v) is 8.65. The minimum Gasteiger partial charge on any atom is -0.349 e. The summed E-state index contributed by atoms with van der Waals surface area (Å²) in [6, 6.07) is 14.0. The number of hydrogen-bond acceptors (Lipinski definition) is 4. The van der Waals surface area contributed by atoms with Gasteiger partial charge < -0.3 is 15.1 Å². The topological polar surface area (TPSA) is 81.3 Å². The first kappa shape index (κ1) is 24.9. The number of fused-ring (bicyclic) bond motifs is 2. The minimum absolute atomic E-state index is 0.0239. The molecular formula is C31H37N5O2. The Morgan fingerprint density at radius 3 is 2.58 bits per heavy atom. The van der Waals surface area contributed by atoms with Gasteiger partial charge in [-0.05, 0) is 93.6 Å². The molecule has 38 heavy (non-hydrogen) atoms. The molecule has 7 heteroatoms. The minimum atomic E-state index is -0.0974. The van der Waals surface area contributed by atoms with Crippen molar-refractivity contribution in [1.29, 1.82) is 0 Å². The fourth-order valence-corrected chi connectivity index (χ4v) is 6.31. The SMILES string of the molecule is C[C@H](c1ccc(C(=O)NC2CCN(C)CC2)cc1)N1Cc2cc(-c3n[nH]c4c3CC(C)(C)C4)ccc2C1=O. The van der Waals surface area contributed by atoms with Gasteiger partial charge in [0.1, 0.15) is 0 Å². The summed E-state index contributed by atoms with van der Waals surface area (Å²) < 4.78 is 0. The van der Waals surface area contributed by atoms with E-state index >= 15 is 0 Å². The van der Waals surface area contributed by atoms with E-state index in [0.29, 0.717) is 12.1 Å². The summed E-state index contributed by atoms with van der Waals surface area (Å²) in [5.41, 5.74) is 8.38. The van der Waals surface area contributed by atoms with E-state index in [9.17, 15) is 9.59 Å². The number of nitrogens with one attached hydrogen (secondary N) is 2. The molecule has 3 heterocycles. The number of carbonyl (C=O) groups excluding carboxylic acids is 2. The smallest absolute Gasteiger partial charge is 0.255 e. The quantitative estimate of drug-likeness (QED) is 0.518. The number of aromatic nitrogens is 2. The highest BCUT2D eigenvalue weighted by molar-refractivity contribution is 5.99. The Kier molecular flexibility index (Phi) is 6.14. The van der Waals surface area contributed by atoms with Gasteiger partial charge in [0.05, 0.1) is 11.7 Å². The van der Waals surface area contributed by atoms with Gasteiger partial charge >= 0.3 is 0 Å². The second-order valence-electron chi connectivity index (χ2n) is 12.2. The van der Waals surface area contributed by atoms with Crippen molar-refractivity contribution in [1.82, 2.24) is 25.3 Å². The largest absolute Gasteiger partial charge is 0.349 e. The first-order valence-corrected chi connectivity index (χ1v) is 13.8. The number of rotatable bonds is 5. The van der Waals surface area contributed by atoms with Crippen LogP contribution in [0.25, 0.3) is 11.3 Å². The molecule has 3 aromatic rings. The maximum absolute atomic E-state index is 13.3. The van der Waals surface area contributed by atoms with E-state index in [-0.39, 0.29) is 29.3 Å². The van der Waals surface area contributed by atoms with Crippen LogP contribution in [0.4, 0.5) is 0 Å². The van der Waals surface area contributed by atoms with Gasteiger partial charge in [-0.3, -0.25) is 14.7 Å². The van der Waals surface area contributed by atoms with Crippen LogP contribution in [-0.2, 0) is 19.4 Å². The van der Waals surface area contributed by atoms with Crippen LogP contribution in [-0.4, -0.2) is 58.0 Å². The van der Waals surface area contributed by atoms with Crippen molar-refractivity contribution in [3.8, 4) is 11.3 Å². The van der Waals surface area contributed by atoms with Gasteiger partial charge in [-0.2, -0.15) is 5.10 Å². The van der Waals surface area contributed by atoms with Gasteiger partial charge in [0.25, 0.3) is 11.8 Å². The standard InChI is InChI=1S/C31H37N5O2/c1-19(20-5-7-21(8-6-20)29(37)32-24-11-13-35(4)14-12-24)36-18-23-15-22(9-10-25(23)30(36)38)28-26-16-31(2,3)17-27(26)33-34-28/h5-10,15,19,24H,11-14,16-18H2,1-4H3,(H,32,37)(H,33,34)/t19-/m1/s1. The maximum atomic E-state index is 13.3. The van der Waals surface area contributed by atoms with Crippen LogP contribution in [0, 0.1) is 5.41 Å². The number of nitrogens with zero attached hydrogens (tertiary/aromatic N) is 3. The van der Waals surface area contributed by atoms with E-state index in [0.717, 1.165) is 66.7 Å². The number of carbonyl (C=O) groups is 2. The summed E-state index contributed by atoms with van der Waals surface area (Å²) in [6.45, 7) is 9.23. The number of aromatic amines is 1. The molecule has 198 valence electrons. The van der Waals surface area contributed by atoms with Gasteiger partial charge in [-0.25, -0.2) is 0 Å². The number of likely N-dealkylation sites (tertiary alicyclic amines) is 1. The highest BCUT2D eigenvalue weighted by atomic mass is 16.2. The lowest BCUT2D eigenvalue weighted by atomic mass is 9.90. The Bertz CT molecular complexity index is 1380. The predicted molar refractivity (Wildman–Crippen MR) is 148 cm³/mol. The molecule has 0 radical (unpaired) electrons. The molecule has 0 saturated carbocycles. The van der Waals surface area contributed by atoms with Gasteiger partial charge in [0.2, 0.25) is 0 Å². The molecular weight excluding hydrogens is 474 g/mol. The number of amides is 2. The zero-order valence-electron chi connectivity index (χ0n) is 22.8. The molecule has 7 nitrogen and oxygen atoms in total. The van der Waals surface area contributed by atoms with Crippen molar-refractivity contribution < 1.29 is 9.59 Å². The fourth-order valence-electron chi connectivity index (χ4n) is 6.31. The van der Waals surface area contributed by atoms with Crippen molar-refractivity contribution >= 4 is 11.8 Å². The van der Waals surface area contributed by atoms with Gasteiger partial charge in [-0.15, -0.1) is 0 Å². The van der Waals surface area contributed by atoms with Crippen LogP contribution in [0.2, 0.25) is 0 Å². The van der Waals surface area contributed by atoms with Crippen LogP contribution in [0.1, 0.15) is 82.8 Å². The lowest BCUT2D eigenvalue weighted by Crippen LogP contribution is -2.43. The van der Waals surface area contributed by atoms with Crippen molar-refractivity contribution in [3.05, 3.63) is 76.0 Å². The molecule has 1 fully saturated rings. The van der Waals surface area contributed by atoms with Crippen molar-refractivity contribution in [3.63, 3.8) is 0 Å². The highest BCUT2D eigenvalue weighted by Gasteiger charge is 2.35. The average molecular weight is 512 g/mol. The predicted octanol–water partition coefficient (Wildman–Crippen LogP) is 4.74. The van der Waals surface area contributed by atoms with Crippen molar-refractivity contribution in [2.75, 3.05) is 20.1 Å². The normalized spacial score (nSPS) is 19.9. The summed E-state index contributed by atoms with van der Waals surface area (Å²) in [6.07, 6.45) is 4.00. The molecule has 1 aliphatic carbocycles. The van der Waals surface area contributed by atoms with Crippen molar-refractivity contribution in [2.45, 2.75) is 65.1 Å². The molecule has 1 saturated heterocycles.